The van der Waals surface area contributed by atoms with Crippen LogP contribution in [0.1, 0.15) is 35.5 Å². The number of carbonyl (C=O) groups is 2. The zero-order valence-corrected chi connectivity index (χ0v) is 16.4. The predicted octanol–water partition coefficient (Wildman–Crippen LogP) is 2.88. The van der Waals surface area contributed by atoms with Crippen LogP contribution in [0, 0.1) is 23.0 Å². The van der Waals surface area contributed by atoms with E-state index in [0.717, 1.165) is 6.07 Å². The highest BCUT2D eigenvalue weighted by atomic mass is 35.5. The van der Waals surface area contributed by atoms with E-state index >= 15 is 0 Å². The lowest BCUT2D eigenvalue weighted by Gasteiger charge is -2.06. The van der Waals surface area contributed by atoms with Gasteiger partial charge in [0.05, 0.1) is 10.6 Å². The summed E-state index contributed by atoms with van der Waals surface area (Å²) >= 11 is 6.30. The first-order chi connectivity index (χ1) is 13.2. The number of aryl methyl sites for hydroxylation is 1. The Morgan fingerprint density at radius 3 is 2.71 bits per heavy atom. The zero-order chi connectivity index (χ0) is 20.8. The van der Waals surface area contributed by atoms with Gasteiger partial charge in [-0.15, -0.1) is 0 Å². The zero-order valence-electron chi connectivity index (χ0n) is 15.6. The number of halogens is 1. The molecule has 0 atom stereocenters. The van der Waals surface area contributed by atoms with Gasteiger partial charge in [-0.05, 0) is 25.0 Å². The topological polar surface area (TPSA) is 119 Å². The quantitative estimate of drug-likeness (QED) is 0.435. The summed E-state index contributed by atoms with van der Waals surface area (Å²) in [7, 11) is 0. The molecule has 1 heterocycles. The number of nitrogens with one attached hydrogen (secondary N) is 2. The first-order valence-electron chi connectivity index (χ1n) is 8.44. The number of hydrogen-bond acceptors (Lipinski definition) is 5. The van der Waals surface area contributed by atoms with Crippen molar-refractivity contribution in [1.82, 2.24) is 20.6 Å². The number of carbonyl (C=O) groups excluding carboxylic acids is 2. The molecule has 28 heavy (non-hydrogen) atoms. The van der Waals surface area contributed by atoms with Gasteiger partial charge < -0.3 is 0 Å². The van der Waals surface area contributed by atoms with Gasteiger partial charge in [0.15, 0.2) is 0 Å². The van der Waals surface area contributed by atoms with Crippen LogP contribution in [0.15, 0.2) is 30.3 Å². The van der Waals surface area contributed by atoms with Crippen molar-refractivity contribution in [3.05, 3.63) is 62.4 Å². The Balaban J connectivity index is 1.99. The first kappa shape index (κ1) is 21.1. The standard InChI is InChI=1S/C18H20ClN5O4/c1-11(2)10-23-17(19)15(12(3)22-23)7-8-16(25)20-21-18(26)13-5-4-6-14(9-13)24(27)28/h4-9,11H,10H2,1-3H3,(H,20,25)(H,21,26)/b8-7+. The van der Waals surface area contributed by atoms with E-state index in [9.17, 15) is 19.7 Å². The minimum atomic E-state index is -0.676. The normalized spacial score (nSPS) is 11.0. The Morgan fingerprint density at radius 1 is 1.36 bits per heavy atom. The molecule has 0 saturated heterocycles. The SMILES string of the molecule is Cc1nn(CC(C)C)c(Cl)c1/C=C/C(=O)NNC(=O)c1cccc([N+](=O)[O-])c1. The number of benzene rings is 1. The molecule has 0 radical (unpaired) electrons. The maximum absolute atomic E-state index is 12.0. The van der Waals surface area contributed by atoms with E-state index in [4.69, 9.17) is 11.6 Å². The second kappa shape index (κ2) is 9.14. The van der Waals surface area contributed by atoms with E-state index in [1.54, 1.807) is 11.6 Å². The number of nitro benzene ring substituents is 1. The number of non-ortho nitro benzene ring substituents is 1. The molecule has 0 aliphatic rings. The third-order valence-electron chi connectivity index (χ3n) is 3.67. The van der Waals surface area contributed by atoms with Gasteiger partial charge in [-0.1, -0.05) is 31.5 Å². The van der Waals surface area contributed by atoms with E-state index in [-0.39, 0.29) is 11.3 Å². The van der Waals surface area contributed by atoms with Crippen LogP contribution in [0.25, 0.3) is 6.08 Å². The van der Waals surface area contributed by atoms with Gasteiger partial charge in [-0.3, -0.25) is 35.2 Å². The van der Waals surface area contributed by atoms with Crippen LogP contribution in [-0.4, -0.2) is 26.5 Å². The third-order valence-corrected chi connectivity index (χ3v) is 4.07. The minimum Gasteiger partial charge on any atom is -0.268 e. The molecule has 10 heteroatoms. The molecule has 2 aromatic rings. The summed E-state index contributed by atoms with van der Waals surface area (Å²) in [5.74, 6) is -0.906. The number of nitrogens with zero attached hydrogens (tertiary/aromatic N) is 3. The molecule has 148 valence electrons. The van der Waals surface area contributed by atoms with Crippen LogP contribution in [0.5, 0.6) is 0 Å². The van der Waals surface area contributed by atoms with Crippen LogP contribution >= 0.6 is 11.6 Å². The lowest BCUT2D eigenvalue weighted by atomic mass is 10.2. The van der Waals surface area contributed by atoms with E-state index in [0.29, 0.717) is 28.9 Å². The molecule has 0 spiro atoms. The van der Waals surface area contributed by atoms with Crippen LogP contribution in [0.2, 0.25) is 5.15 Å². The maximum atomic E-state index is 12.0. The molecule has 0 aliphatic heterocycles. The number of aromatic nitrogens is 2. The smallest absolute Gasteiger partial charge is 0.268 e. The summed E-state index contributed by atoms with van der Waals surface area (Å²) < 4.78 is 1.67. The van der Waals surface area contributed by atoms with Crippen molar-refractivity contribution in [3.8, 4) is 0 Å². The second-order valence-electron chi connectivity index (χ2n) is 6.45. The van der Waals surface area contributed by atoms with Crippen molar-refractivity contribution < 1.29 is 14.5 Å². The summed E-state index contributed by atoms with van der Waals surface area (Å²) in [4.78, 5) is 34.1. The number of nitro groups is 1. The van der Waals surface area contributed by atoms with Gasteiger partial charge in [-0.25, -0.2) is 0 Å². The minimum absolute atomic E-state index is 0.0485. The summed E-state index contributed by atoms with van der Waals surface area (Å²) in [6.07, 6.45) is 2.72. The van der Waals surface area contributed by atoms with Crippen molar-refractivity contribution >= 4 is 35.2 Å². The molecular formula is C18H20ClN5O4. The molecule has 1 aromatic heterocycles. The molecule has 1 aromatic carbocycles. The van der Waals surface area contributed by atoms with Crippen LogP contribution in [-0.2, 0) is 11.3 Å². The van der Waals surface area contributed by atoms with Gasteiger partial charge in [0.2, 0.25) is 0 Å². The summed E-state index contributed by atoms with van der Waals surface area (Å²) in [5.41, 5.74) is 5.53. The van der Waals surface area contributed by atoms with Crippen molar-refractivity contribution in [3.63, 3.8) is 0 Å². The van der Waals surface area contributed by atoms with E-state index in [1.807, 2.05) is 13.8 Å². The maximum Gasteiger partial charge on any atom is 0.270 e. The van der Waals surface area contributed by atoms with Gasteiger partial charge in [0.25, 0.3) is 17.5 Å². The second-order valence-corrected chi connectivity index (χ2v) is 6.81. The Kier molecular flexibility index (Phi) is 6.89. The monoisotopic (exact) mass is 405 g/mol. The van der Waals surface area contributed by atoms with Crippen molar-refractivity contribution in [2.75, 3.05) is 0 Å². The lowest BCUT2D eigenvalue weighted by Crippen LogP contribution is -2.40. The fourth-order valence-corrected chi connectivity index (χ4v) is 2.68. The summed E-state index contributed by atoms with van der Waals surface area (Å²) in [6, 6.07) is 5.16. The highest BCUT2D eigenvalue weighted by Crippen LogP contribution is 2.22. The Morgan fingerprint density at radius 2 is 2.07 bits per heavy atom. The van der Waals surface area contributed by atoms with Crippen LogP contribution < -0.4 is 10.9 Å². The Hall–Kier alpha value is -3.20. The summed E-state index contributed by atoms with van der Waals surface area (Å²) in [6.45, 7) is 6.52. The van der Waals surface area contributed by atoms with Gasteiger partial charge in [-0.2, -0.15) is 5.10 Å². The molecule has 2 amide bonds. The molecule has 0 saturated carbocycles. The van der Waals surface area contributed by atoms with Crippen LogP contribution in [0.4, 0.5) is 5.69 Å². The molecule has 2 N–H and O–H groups in total. The average Bonchev–Trinajstić information content (AvgIpc) is 2.90. The van der Waals surface area contributed by atoms with Gasteiger partial charge in [0, 0.05) is 35.9 Å². The highest BCUT2D eigenvalue weighted by molar-refractivity contribution is 6.31. The molecular weight excluding hydrogens is 386 g/mol. The third kappa shape index (κ3) is 5.40. The molecule has 0 aliphatic carbocycles. The lowest BCUT2D eigenvalue weighted by molar-refractivity contribution is -0.384. The van der Waals surface area contributed by atoms with E-state index in [1.165, 1.54) is 30.4 Å². The van der Waals surface area contributed by atoms with Crippen molar-refractivity contribution in [2.45, 2.75) is 27.3 Å². The Labute approximate surface area is 166 Å². The number of hydrazine groups is 1. The van der Waals surface area contributed by atoms with E-state index in [2.05, 4.69) is 16.0 Å². The van der Waals surface area contributed by atoms with Gasteiger partial charge in [0.1, 0.15) is 5.15 Å². The molecule has 0 bridgehead atoms. The first-order valence-corrected chi connectivity index (χ1v) is 8.82. The largest absolute Gasteiger partial charge is 0.270 e. The number of amides is 2. The fraction of sp³-hybridized carbons (Fsp3) is 0.278. The molecule has 9 nitrogen and oxygen atoms in total. The number of hydrogen-bond donors (Lipinski definition) is 2. The number of rotatable bonds is 6. The van der Waals surface area contributed by atoms with Crippen molar-refractivity contribution in [1.29, 1.82) is 0 Å². The fourth-order valence-electron chi connectivity index (χ4n) is 2.38. The van der Waals surface area contributed by atoms with Crippen molar-refractivity contribution in [2.24, 2.45) is 5.92 Å². The van der Waals surface area contributed by atoms with Crippen LogP contribution in [0.3, 0.4) is 0 Å². The average molecular weight is 406 g/mol. The van der Waals surface area contributed by atoms with Gasteiger partial charge >= 0.3 is 0 Å². The Bertz CT molecular complexity index is 936. The molecule has 0 unspecified atom stereocenters. The predicted molar refractivity (Wildman–Crippen MR) is 105 cm³/mol. The summed E-state index contributed by atoms with van der Waals surface area (Å²) in [5, 5.41) is 15.5. The molecule has 0 fully saturated rings. The molecule has 2 rings (SSSR count). The van der Waals surface area contributed by atoms with E-state index < -0.39 is 16.7 Å². The highest BCUT2D eigenvalue weighted by Gasteiger charge is 2.13.